The van der Waals surface area contributed by atoms with Crippen molar-refractivity contribution in [1.29, 1.82) is 0 Å². The van der Waals surface area contributed by atoms with Gasteiger partial charge < -0.3 is 9.47 Å². The fraction of sp³-hybridized carbons (Fsp3) is 0.278. The third kappa shape index (κ3) is 2.98. The number of ketones is 1. The van der Waals surface area contributed by atoms with Crippen LogP contribution in [0.3, 0.4) is 0 Å². The Morgan fingerprint density at radius 2 is 1.76 bits per heavy atom. The Labute approximate surface area is 124 Å². The van der Waals surface area contributed by atoms with Crippen LogP contribution in [0, 0.1) is 0 Å². The summed E-state index contributed by atoms with van der Waals surface area (Å²) >= 11 is 0. The molecule has 0 fully saturated rings. The maximum atomic E-state index is 12.5. The van der Waals surface area contributed by atoms with E-state index in [1.54, 1.807) is 0 Å². The van der Waals surface area contributed by atoms with Gasteiger partial charge in [0.15, 0.2) is 5.78 Å². The molecule has 3 nitrogen and oxygen atoms in total. The van der Waals surface area contributed by atoms with Gasteiger partial charge in [0.2, 0.25) is 0 Å². The first-order chi connectivity index (χ1) is 10.3. The second-order valence-electron chi connectivity index (χ2n) is 5.18. The van der Waals surface area contributed by atoms with Gasteiger partial charge in [-0.1, -0.05) is 19.1 Å². The molecule has 2 aromatic carbocycles. The number of fused-ring (bicyclic) bond motifs is 1. The lowest BCUT2D eigenvalue weighted by atomic mass is 9.99. The topological polar surface area (TPSA) is 35.5 Å². The van der Waals surface area contributed by atoms with E-state index < -0.39 is 0 Å². The molecule has 0 spiro atoms. The molecule has 21 heavy (non-hydrogen) atoms. The van der Waals surface area contributed by atoms with Gasteiger partial charge in [-0.3, -0.25) is 4.79 Å². The molecule has 0 saturated heterocycles. The molecule has 0 atom stereocenters. The Bertz CT molecular complexity index is 644. The number of carbonyl (C=O) groups excluding carboxylic acids is 1. The van der Waals surface area contributed by atoms with Gasteiger partial charge in [-0.05, 0) is 47.9 Å². The summed E-state index contributed by atoms with van der Waals surface area (Å²) < 4.78 is 10.9. The van der Waals surface area contributed by atoms with Crippen molar-refractivity contribution in [3.05, 3.63) is 64.7 Å². The smallest absolute Gasteiger partial charge is 0.193 e. The van der Waals surface area contributed by atoms with Crippen LogP contribution in [0.4, 0.5) is 0 Å². The first kappa shape index (κ1) is 13.8. The fourth-order valence-corrected chi connectivity index (χ4v) is 2.40. The highest BCUT2D eigenvalue weighted by Crippen LogP contribution is 2.23. The second-order valence-corrected chi connectivity index (χ2v) is 5.18. The van der Waals surface area contributed by atoms with Gasteiger partial charge in [0, 0.05) is 11.1 Å². The number of ether oxygens (including phenoxy) is 2. The molecule has 0 saturated carbocycles. The number of rotatable bonds is 5. The zero-order valence-electron chi connectivity index (χ0n) is 12.1. The summed E-state index contributed by atoms with van der Waals surface area (Å²) in [5.41, 5.74) is 3.68. The van der Waals surface area contributed by atoms with Crippen LogP contribution >= 0.6 is 0 Å². The third-order valence-corrected chi connectivity index (χ3v) is 3.57. The molecule has 1 aliphatic heterocycles. The number of carbonyl (C=O) groups is 1. The highest BCUT2D eigenvalue weighted by atomic mass is 16.5. The predicted octanol–water partition coefficient (Wildman–Crippen LogP) is 3.74. The minimum absolute atomic E-state index is 0.0340. The summed E-state index contributed by atoms with van der Waals surface area (Å²) in [6.07, 6.45) is 0.970. The van der Waals surface area contributed by atoms with E-state index >= 15 is 0 Å². The van der Waals surface area contributed by atoms with E-state index in [-0.39, 0.29) is 5.78 Å². The van der Waals surface area contributed by atoms with Crippen LogP contribution in [0.2, 0.25) is 0 Å². The number of benzene rings is 2. The first-order valence-electron chi connectivity index (χ1n) is 7.25. The molecule has 3 rings (SSSR count). The minimum atomic E-state index is 0.0340. The highest BCUT2D eigenvalue weighted by molar-refractivity contribution is 6.09. The third-order valence-electron chi connectivity index (χ3n) is 3.57. The Morgan fingerprint density at radius 1 is 1.05 bits per heavy atom. The molecule has 0 unspecified atom stereocenters. The van der Waals surface area contributed by atoms with E-state index in [4.69, 9.17) is 9.47 Å². The number of hydrogen-bond donors (Lipinski definition) is 0. The molecule has 1 aliphatic rings. The quantitative estimate of drug-likeness (QED) is 0.784. The van der Waals surface area contributed by atoms with Crippen LogP contribution < -0.4 is 4.74 Å². The largest absolute Gasteiger partial charge is 0.494 e. The Kier molecular flexibility index (Phi) is 4.02. The van der Waals surface area contributed by atoms with Crippen molar-refractivity contribution in [2.24, 2.45) is 0 Å². The normalized spacial score (nSPS) is 13.0. The molecule has 108 valence electrons. The van der Waals surface area contributed by atoms with E-state index in [0.29, 0.717) is 30.9 Å². The Morgan fingerprint density at radius 3 is 2.52 bits per heavy atom. The molecule has 0 aromatic heterocycles. The molecular weight excluding hydrogens is 264 g/mol. The molecule has 0 N–H and O–H groups in total. The van der Waals surface area contributed by atoms with Gasteiger partial charge in [0.05, 0.1) is 19.8 Å². The van der Waals surface area contributed by atoms with Crippen LogP contribution in [0.1, 0.15) is 40.4 Å². The Balaban J connectivity index is 1.78. The van der Waals surface area contributed by atoms with Crippen molar-refractivity contribution in [3.8, 4) is 5.75 Å². The van der Waals surface area contributed by atoms with Crippen molar-refractivity contribution in [2.75, 3.05) is 6.61 Å². The Hall–Kier alpha value is -2.13. The zero-order chi connectivity index (χ0) is 14.7. The molecule has 2 aromatic rings. The van der Waals surface area contributed by atoms with Crippen molar-refractivity contribution in [1.82, 2.24) is 0 Å². The summed E-state index contributed by atoms with van der Waals surface area (Å²) in [4.78, 5) is 12.5. The van der Waals surface area contributed by atoms with E-state index in [1.165, 1.54) is 5.56 Å². The van der Waals surface area contributed by atoms with Gasteiger partial charge in [-0.2, -0.15) is 0 Å². The van der Waals surface area contributed by atoms with Crippen molar-refractivity contribution < 1.29 is 14.3 Å². The maximum absolute atomic E-state index is 12.5. The van der Waals surface area contributed by atoms with Crippen molar-refractivity contribution in [3.63, 3.8) is 0 Å². The van der Waals surface area contributed by atoms with Gasteiger partial charge in [0.25, 0.3) is 0 Å². The van der Waals surface area contributed by atoms with Crippen molar-refractivity contribution >= 4 is 5.78 Å². The first-order valence-corrected chi connectivity index (χ1v) is 7.25. The molecule has 1 heterocycles. The van der Waals surface area contributed by atoms with Gasteiger partial charge >= 0.3 is 0 Å². The molecule has 0 amide bonds. The van der Waals surface area contributed by atoms with Crippen molar-refractivity contribution in [2.45, 2.75) is 26.6 Å². The molecule has 0 radical (unpaired) electrons. The molecule has 0 aliphatic carbocycles. The van der Waals surface area contributed by atoms with E-state index in [1.807, 2.05) is 42.5 Å². The van der Waals surface area contributed by atoms with Crippen LogP contribution in [-0.4, -0.2) is 12.4 Å². The molecule has 3 heteroatoms. The lowest BCUT2D eigenvalue weighted by Crippen LogP contribution is -2.02. The lowest BCUT2D eigenvalue weighted by molar-refractivity contribution is 0.103. The van der Waals surface area contributed by atoms with Crippen LogP contribution in [-0.2, 0) is 18.0 Å². The highest BCUT2D eigenvalue weighted by Gasteiger charge is 2.15. The summed E-state index contributed by atoms with van der Waals surface area (Å²) in [6.45, 7) is 4.00. The van der Waals surface area contributed by atoms with Crippen LogP contribution in [0.15, 0.2) is 42.5 Å². The summed E-state index contributed by atoms with van der Waals surface area (Å²) in [5, 5.41) is 0. The predicted molar refractivity (Wildman–Crippen MR) is 80.6 cm³/mol. The van der Waals surface area contributed by atoms with Gasteiger partial charge in [-0.25, -0.2) is 0 Å². The standard InChI is InChI=1S/C18H18O3/c1-2-9-21-17-7-5-13(6-8-17)18(19)14-3-4-15-11-20-12-16(15)10-14/h3-8,10H,2,9,11-12H2,1H3. The van der Waals surface area contributed by atoms with E-state index in [0.717, 1.165) is 17.7 Å². The van der Waals surface area contributed by atoms with E-state index in [2.05, 4.69) is 6.92 Å². The zero-order valence-corrected chi connectivity index (χ0v) is 12.1. The molecular formula is C18H18O3. The van der Waals surface area contributed by atoms with Crippen LogP contribution in [0.5, 0.6) is 5.75 Å². The maximum Gasteiger partial charge on any atom is 0.193 e. The summed E-state index contributed by atoms with van der Waals surface area (Å²) in [6, 6.07) is 13.1. The average Bonchev–Trinajstić information content (AvgIpc) is 3.00. The average molecular weight is 282 g/mol. The van der Waals surface area contributed by atoms with Gasteiger partial charge in [-0.15, -0.1) is 0 Å². The fourth-order valence-electron chi connectivity index (χ4n) is 2.40. The van der Waals surface area contributed by atoms with Gasteiger partial charge in [0.1, 0.15) is 5.75 Å². The second kappa shape index (κ2) is 6.10. The lowest BCUT2D eigenvalue weighted by Gasteiger charge is -2.06. The van der Waals surface area contributed by atoms with E-state index in [9.17, 15) is 4.79 Å². The number of hydrogen-bond acceptors (Lipinski definition) is 3. The SMILES string of the molecule is CCCOc1ccc(C(=O)c2ccc3c(c2)COC3)cc1. The monoisotopic (exact) mass is 282 g/mol. The summed E-state index contributed by atoms with van der Waals surface area (Å²) in [7, 11) is 0. The summed E-state index contributed by atoms with van der Waals surface area (Å²) in [5.74, 6) is 0.836. The molecule has 0 bridgehead atoms. The minimum Gasteiger partial charge on any atom is -0.494 e. The van der Waals surface area contributed by atoms with Crippen LogP contribution in [0.25, 0.3) is 0 Å².